The predicted octanol–water partition coefficient (Wildman–Crippen LogP) is 3.17. The fourth-order valence-corrected chi connectivity index (χ4v) is 2.99. The summed E-state index contributed by atoms with van der Waals surface area (Å²) in [5.74, 6) is 0.346. The van der Waals surface area contributed by atoms with Crippen molar-refractivity contribution < 1.29 is 4.79 Å². The van der Waals surface area contributed by atoms with Crippen LogP contribution in [0.15, 0.2) is 48.8 Å². The number of anilines is 1. The molecule has 0 radical (unpaired) electrons. The summed E-state index contributed by atoms with van der Waals surface area (Å²) < 4.78 is 1.42. The largest absolute Gasteiger partial charge is 0.339 e. The van der Waals surface area contributed by atoms with Crippen molar-refractivity contribution in [1.29, 1.82) is 0 Å². The summed E-state index contributed by atoms with van der Waals surface area (Å²) in [6, 6.07) is 14.1. The highest BCUT2D eigenvalue weighted by atomic mass is 16.2. The highest BCUT2D eigenvalue weighted by molar-refractivity contribution is 6.01. The van der Waals surface area contributed by atoms with E-state index in [-0.39, 0.29) is 11.7 Å². The smallest absolute Gasteiger partial charge is 0.294 e. The average Bonchev–Trinajstić information content (AvgIpc) is 3.27. The molecule has 0 saturated carbocycles. The Morgan fingerprint density at radius 2 is 2.08 bits per heavy atom. The molecule has 1 aromatic carbocycles. The zero-order chi connectivity index (χ0) is 18.1. The Morgan fingerprint density at radius 3 is 2.85 bits per heavy atom. The van der Waals surface area contributed by atoms with E-state index in [0.29, 0.717) is 5.82 Å². The molecule has 26 heavy (non-hydrogen) atoms. The maximum absolute atomic E-state index is 12.3. The van der Waals surface area contributed by atoms with Crippen LogP contribution in [0.4, 0.5) is 5.82 Å². The minimum absolute atomic E-state index is 0.232. The van der Waals surface area contributed by atoms with Crippen molar-refractivity contribution in [2.24, 2.45) is 7.05 Å². The summed E-state index contributed by atoms with van der Waals surface area (Å²) in [5.41, 5.74) is 4.18. The topological polar surface area (TPSA) is 88.5 Å². The van der Waals surface area contributed by atoms with Gasteiger partial charge in [0.15, 0.2) is 0 Å². The minimum Gasteiger partial charge on any atom is -0.339 e. The summed E-state index contributed by atoms with van der Waals surface area (Å²) in [5, 5.41) is 7.64. The van der Waals surface area contributed by atoms with Crippen molar-refractivity contribution in [1.82, 2.24) is 24.7 Å². The minimum atomic E-state index is -0.347. The molecular weight excluding hydrogens is 328 g/mol. The van der Waals surface area contributed by atoms with Gasteiger partial charge in [0.1, 0.15) is 17.8 Å². The van der Waals surface area contributed by atoms with Gasteiger partial charge in [-0.05, 0) is 30.2 Å². The molecule has 0 atom stereocenters. The van der Waals surface area contributed by atoms with E-state index < -0.39 is 0 Å². The number of rotatable bonds is 4. The zero-order valence-corrected chi connectivity index (χ0v) is 14.5. The fourth-order valence-electron chi connectivity index (χ4n) is 2.99. The molecule has 0 unspecified atom stereocenters. The summed E-state index contributed by atoms with van der Waals surface area (Å²) >= 11 is 0. The summed E-state index contributed by atoms with van der Waals surface area (Å²) in [6.07, 6.45) is 2.30. The van der Waals surface area contributed by atoms with Crippen LogP contribution in [0.25, 0.3) is 22.3 Å². The monoisotopic (exact) mass is 346 g/mol. The van der Waals surface area contributed by atoms with Crippen LogP contribution in [0.2, 0.25) is 0 Å². The van der Waals surface area contributed by atoms with Gasteiger partial charge in [0.05, 0.1) is 0 Å². The molecule has 7 nitrogen and oxygen atoms in total. The third-order valence-electron chi connectivity index (χ3n) is 4.32. The third kappa shape index (κ3) is 2.83. The highest BCUT2D eigenvalue weighted by Gasteiger charge is 2.14. The maximum atomic E-state index is 12.3. The van der Waals surface area contributed by atoms with Crippen molar-refractivity contribution in [3.05, 3.63) is 60.2 Å². The number of benzene rings is 1. The molecule has 0 aliphatic rings. The standard InChI is InChI=1S/C19H18N6O/c1-3-12-6-4-5-7-14(12)15-10-13-8-9-16(23-17(13)22-15)24-19(26)18-20-11-21-25(18)2/h4-11H,3H2,1-2H3,(H2,22,23,24,26). The van der Waals surface area contributed by atoms with E-state index in [4.69, 9.17) is 0 Å². The number of pyridine rings is 1. The quantitative estimate of drug-likeness (QED) is 0.594. The van der Waals surface area contributed by atoms with Crippen molar-refractivity contribution in [2.75, 3.05) is 5.32 Å². The van der Waals surface area contributed by atoms with Gasteiger partial charge in [-0.25, -0.2) is 14.6 Å². The first-order valence-electron chi connectivity index (χ1n) is 8.39. The van der Waals surface area contributed by atoms with E-state index in [2.05, 4.69) is 50.5 Å². The molecule has 2 N–H and O–H groups in total. The van der Waals surface area contributed by atoms with Gasteiger partial charge in [-0.2, -0.15) is 5.10 Å². The van der Waals surface area contributed by atoms with Crippen LogP contribution >= 0.6 is 0 Å². The van der Waals surface area contributed by atoms with Crippen LogP contribution in [0.5, 0.6) is 0 Å². The SMILES string of the molecule is CCc1ccccc1-c1cc2ccc(NC(=O)c3ncnn3C)nc2[nH]1. The van der Waals surface area contributed by atoms with E-state index in [1.807, 2.05) is 18.2 Å². The second kappa shape index (κ2) is 6.44. The van der Waals surface area contributed by atoms with E-state index in [1.165, 1.54) is 16.6 Å². The molecule has 0 spiro atoms. The summed E-state index contributed by atoms with van der Waals surface area (Å²) in [7, 11) is 1.67. The number of aromatic nitrogens is 5. The van der Waals surface area contributed by atoms with Crippen LogP contribution in [0.3, 0.4) is 0 Å². The number of carbonyl (C=O) groups excluding carboxylic acids is 1. The van der Waals surface area contributed by atoms with Crippen molar-refractivity contribution >= 4 is 22.8 Å². The van der Waals surface area contributed by atoms with Crippen molar-refractivity contribution in [3.8, 4) is 11.3 Å². The lowest BCUT2D eigenvalue weighted by molar-refractivity contribution is 0.101. The number of fused-ring (bicyclic) bond motifs is 1. The number of aromatic amines is 1. The Labute approximate surface area is 150 Å². The normalized spacial score (nSPS) is 11.0. The van der Waals surface area contributed by atoms with Crippen molar-refractivity contribution in [2.45, 2.75) is 13.3 Å². The van der Waals surface area contributed by atoms with Gasteiger partial charge < -0.3 is 10.3 Å². The number of nitrogens with one attached hydrogen (secondary N) is 2. The van der Waals surface area contributed by atoms with Gasteiger partial charge in [-0.15, -0.1) is 0 Å². The van der Waals surface area contributed by atoms with Crippen LogP contribution < -0.4 is 5.32 Å². The zero-order valence-electron chi connectivity index (χ0n) is 14.5. The maximum Gasteiger partial charge on any atom is 0.294 e. The first kappa shape index (κ1) is 16.0. The first-order valence-corrected chi connectivity index (χ1v) is 8.39. The van der Waals surface area contributed by atoms with E-state index in [0.717, 1.165) is 28.7 Å². The summed E-state index contributed by atoms with van der Waals surface area (Å²) in [6.45, 7) is 2.14. The molecule has 0 bridgehead atoms. The van der Waals surface area contributed by atoms with E-state index in [9.17, 15) is 4.79 Å². The van der Waals surface area contributed by atoms with Crippen LogP contribution in [0, 0.1) is 0 Å². The number of carbonyl (C=O) groups is 1. The summed E-state index contributed by atoms with van der Waals surface area (Å²) in [4.78, 5) is 24.1. The number of hydrogen-bond acceptors (Lipinski definition) is 4. The van der Waals surface area contributed by atoms with Gasteiger partial charge in [-0.1, -0.05) is 31.2 Å². The van der Waals surface area contributed by atoms with Crippen LogP contribution in [-0.2, 0) is 13.5 Å². The molecular formula is C19H18N6O. The number of nitrogens with zero attached hydrogens (tertiary/aromatic N) is 4. The van der Waals surface area contributed by atoms with Crippen LogP contribution in [0.1, 0.15) is 23.1 Å². The third-order valence-corrected chi connectivity index (χ3v) is 4.32. The van der Waals surface area contributed by atoms with Gasteiger partial charge in [0.25, 0.3) is 5.91 Å². The van der Waals surface area contributed by atoms with Gasteiger partial charge in [-0.3, -0.25) is 4.79 Å². The second-order valence-corrected chi connectivity index (χ2v) is 5.99. The molecule has 0 fully saturated rings. The molecule has 0 aliphatic carbocycles. The van der Waals surface area contributed by atoms with E-state index in [1.54, 1.807) is 13.1 Å². The Hall–Kier alpha value is -3.48. The molecule has 3 heterocycles. The predicted molar refractivity (Wildman–Crippen MR) is 99.9 cm³/mol. The molecule has 1 amide bonds. The number of amides is 1. The fraction of sp³-hybridized carbons (Fsp3) is 0.158. The lowest BCUT2D eigenvalue weighted by Gasteiger charge is -2.04. The lowest BCUT2D eigenvalue weighted by Crippen LogP contribution is -2.18. The van der Waals surface area contributed by atoms with Crippen LogP contribution in [-0.4, -0.2) is 30.6 Å². The Bertz CT molecular complexity index is 1090. The molecule has 4 aromatic rings. The molecule has 7 heteroatoms. The Morgan fingerprint density at radius 1 is 1.23 bits per heavy atom. The molecule has 0 aliphatic heterocycles. The Balaban J connectivity index is 1.66. The Kier molecular flexibility index (Phi) is 3.96. The van der Waals surface area contributed by atoms with Gasteiger partial charge in [0, 0.05) is 23.7 Å². The number of H-pyrrole nitrogens is 1. The van der Waals surface area contributed by atoms with Crippen molar-refractivity contribution in [3.63, 3.8) is 0 Å². The van der Waals surface area contributed by atoms with Gasteiger partial charge in [0.2, 0.25) is 5.82 Å². The lowest BCUT2D eigenvalue weighted by atomic mass is 10.0. The average molecular weight is 346 g/mol. The highest BCUT2D eigenvalue weighted by Crippen LogP contribution is 2.27. The number of aryl methyl sites for hydroxylation is 2. The van der Waals surface area contributed by atoms with Gasteiger partial charge >= 0.3 is 0 Å². The molecule has 3 aromatic heterocycles. The van der Waals surface area contributed by atoms with E-state index >= 15 is 0 Å². The number of hydrogen-bond donors (Lipinski definition) is 2. The molecule has 130 valence electrons. The molecule has 0 saturated heterocycles. The second-order valence-electron chi connectivity index (χ2n) is 5.99. The molecule has 4 rings (SSSR count). The first-order chi connectivity index (χ1) is 12.7.